The Labute approximate surface area is 150 Å². The van der Waals surface area contributed by atoms with E-state index in [2.05, 4.69) is 5.32 Å². The van der Waals surface area contributed by atoms with E-state index in [-0.39, 0.29) is 5.56 Å². The molecule has 1 amide bonds. The number of benzene rings is 2. The number of esters is 1. The van der Waals surface area contributed by atoms with Crippen molar-refractivity contribution in [3.63, 3.8) is 0 Å². The molecule has 2 rings (SSSR count). The third-order valence-electron chi connectivity index (χ3n) is 3.49. The van der Waals surface area contributed by atoms with Gasteiger partial charge in [0.2, 0.25) is 0 Å². The number of ether oxygens (including phenoxy) is 1. The fraction of sp³-hybridized carbons (Fsp3) is 0.158. The second-order valence-corrected chi connectivity index (χ2v) is 5.74. The van der Waals surface area contributed by atoms with E-state index in [9.17, 15) is 14.0 Å². The van der Waals surface area contributed by atoms with Gasteiger partial charge in [-0.05, 0) is 43.7 Å². The summed E-state index contributed by atoms with van der Waals surface area (Å²) in [6.07, 6.45) is 1.35. The van der Waals surface area contributed by atoms with Gasteiger partial charge in [0.05, 0.1) is 0 Å². The van der Waals surface area contributed by atoms with E-state index in [4.69, 9.17) is 16.3 Å². The van der Waals surface area contributed by atoms with Crippen molar-refractivity contribution in [3.05, 3.63) is 70.5 Å². The molecule has 0 saturated carbocycles. The molecule has 2 aromatic rings. The lowest BCUT2D eigenvalue weighted by Crippen LogP contribution is -2.29. The van der Waals surface area contributed by atoms with Crippen molar-refractivity contribution >= 4 is 35.2 Å². The maximum atomic E-state index is 13.5. The Morgan fingerprint density at radius 2 is 1.92 bits per heavy atom. The first-order valence-electron chi connectivity index (χ1n) is 7.57. The van der Waals surface area contributed by atoms with Gasteiger partial charge in [0.25, 0.3) is 5.91 Å². The van der Waals surface area contributed by atoms with Crippen LogP contribution in [0, 0.1) is 12.7 Å². The summed E-state index contributed by atoms with van der Waals surface area (Å²) in [4.78, 5) is 23.9. The predicted octanol–water partition coefficient (Wildman–Crippen LogP) is 4.37. The van der Waals surface area contributed by atoms with Gasteiger partial charge in [0, 0.05) is 22.3 Å². The van der Waals surface area contributed by atoms with E-state index in [1.165, 1.54) is 25.1 Å². The largest absolute Gasteiger partial charge is 0.449 e. The zero-order valence-corrected chi connectivity index (χ0v) is 14.5. The van der Waals surface area contributed by atoms with E-state index < -0.39 is 23.8 Å². The van der Waals surface area contributed by atoms with Crippen molar-refractivity contribution in [1.29, 1.82) is 0 Å². The molecule has 0 heterocycles. The highest BCUT2D eigenvalue weighted by Crippen LogP contribution is 2.23. The molecule has 0 spiro atoms. The molecule has 0 aromatic heterocycles. The minimum absolute atomic E-state index is 0.256. The number of carbonyl (C=O) groups is 2. The molecule has 1 N–H and O–H groups in total. The average Bonchev–Trinajstić information content (AvgIpc) is 2.58. The van der Waals surface area contributed by atoms with Crippen molar-refractivity contribution in [1.82, 2.24) is 0 Å². The van der Waals surface area contributed by atoms with Crippen molar-refractivity contribution in [2.45, 2.75) is 20.0 Å². The average molecular weight is 362 g/mol. The predicted molar refractivity (Wildman–Crippen MR) is 95.8 cm³/mol. The Balaban J connectivity index is 1.95. The number of carbonyl (C=O) groups excluding carboxylic acids is 2. The summed E-state index contributed by atoms with van der Waals surface area (Å²) in [5.41, 5.74) is 1.52. The molecule has 0 aliphatic rings. The van der Waals surface area contributed by atoms with Gasteiger partial charge in [-0.3, -0.25) is 4.79 Å². The number of amides is 1. The van der Waals surface area contributed by atoms with Crippen LogP contribution in [0.15, 0.2) is 48.5 Å². The van der Waals surface area contributed by atoms with E-state index >= 15 is 0 Å². The molecule has 0 bridgehead atoms. The first-order chi connectivity index (χ1) is 11.9. The van der Waals surface area contributed by atoms with Gasteiger partial charge in [-0.25, -0.2) is 9.18 Å². The first-order valence-corrected chi connectivity index (χ1v) is 7.95. The molecule has 25 heavy (non-hydrogen) atoms. The standard InChI is InChI=1S/C19H17ClFNO3/c1-12-15(20)7-5-9-17(12)22-19(24)13(2)25-18(23)11-10-14-6-3-4-8-16(14)21/h3-11,13H,1-2H3,(H,22,24)/b11-10+/t13-/m0/s1. The number of halogens is 2. The highest BCUT2D eigenvalue weighted by molar-refractivity contribution is 6.31. The van der Waals surface area contributed by atoms with E-state index in [0.29, 0.717) is 10.7 Å². The third-order valence-corrected chi connectivity index (χ3v) is 3.90. The summed E-state index contributed by atoms with van der Waals surface area (Å²) < 4.78 is 18.5. The van der Waals surface area contributed by atoms with Crippen molar-refractivity contribution in [3.8, 4) is 0 Å². The number of hydrogen-bond acceptors (Lipinski definition) is 3. The molecule has 2 aromatic carbocycles. The minimum atomic E-state index is -1.02. The highest BCUT2D eigenvalue weighted by atomic mass is 35.5. The fourth-order valence-electron chi connectivity index (χ4n) is 2.01. The van der Waals surface area contributed by atoms with Crippen molar-refractivity contribution < 1.29 is 18.7 Å². The molecule has 0 fully saturated rings. The zero-order chi connectivity index (χ0) is 18.4. The summed E-state index contributed by atoms with van der Waals surface area (Å²) in [6.45, 7) is 3.22. The van der Waals surface area contributed by atoms with Crippen LogP contribution >= 0.6 is 11.6 Å². The number of nitrogens with one attached hydrogen (secondary N) is 1. The number of rotatable bonds is 5. The van der Waals surface area contributed by atoms with Crippen LogP contribution < -0.4 is 5.32 Å². The molecule has 130 valence electrons. The van der Waals surface area contributed by atoms with Crippen LogP contribution in [0.4, 0.5) is 10.1 Å². The second kappa shape index (κ2) is 8.44. The van der Waals surface area contributed by atoms with Gasteiger partial charge < -0.3 is 10.1 Å². The van der Waals surface area contributed by atoms with Crippen LogP contribution in [0.3, 0.4) is 0 Å². The quantitative estimate of drug-likeness (QED) is 0.635. The Kier molecular flexibility index (Phi) is 6.31. The van der Waals surface area contributed by atoms with Crippen LogP contribution in [0.1, 0.15) is 18.1 Å². The highest BCUT2D eigenvalue weighted by Gasteiger charge is 2.17. The normalized spacial score (nSPS) is 12.0. The topological polar surface area (TPSA) is 55.4 Å². The van der Waals surface area contributed by atoms with Gasteiger partial charge in [-0.1, -0.05) is 35.9 Å². The number of anilines is 1. The Bertz CT molecular complexity index is 820. The lowest BCUT2D eigenvalue weighted by Gasteiger charge is -2.14. The molecule has 1 atom stereocenters. The van der Waals surface area contributed by atoms with Gasteiger partial charge in [0.15, 0.2) is 6.10 Å². The van der Waals surface area contributed by atoms with Crippen LogP contribution in [-0.2, 0) is 14.3 Å². The summed E-state index contributed by atoms with van der Waals surface area (Å²) in [5, 5.41) is 3.18. The molecular weight excluding hydrogens is 345 g/mol. The van der Waals surface area contributed by atoms with Crippen LogP contribution in [0.2, 0.25) is 5.02 Å². The molecule has 0 aliphatic carbocycles. The van der Waals surface area contributed by atoms with Crippen molar-refractivity contribution in [2.24, 2.45) is 0 Å². The van der Waals surface area contributed by atoms with E-state index in [1.807, 2.05) is 0 Å². The summed E-state index contributed by atoms with van der Waals surface area (Å²) in [6, 6.07) is 11.1. The molecule has 0 aliphatic heterocycles. The summed E-state index contributed by atoms with van der Waals surface area (Å²) in [5.74, 6) is -1.68. The van der Waals surface area contributed by atoms with E-state index in [1.54, 1.807) is 37.3 Å². The smallest absolute Gasteiger partial charge is 0.331 e. The van der Waals surface area contributed by atoms with E-state index in [0.717, 1.165) is 11.6 Å². The Hall–Kier alpha value is -2.66. The minimum Gasteiger partial charge on any atom is -0.449 e. The van der Waals surface area contributed by atoms with Crippen LogP contribution in [-0.4, -0.2) is 18.0 Å². The lowest BCUT2D eigenvalue weighted by atomic mass is 10.2. The number of hydrogen-bond donors (Lipinski definition) is 1. The van der Waals surface area contributed by atoms with Gasteiger partial charge in [-0.15, -0.1) is 0 Å². The maximum Gasteiger partial charge on any atom is 0.331 e. The van der Waals surface area contributed by atoms with Crippen LogP contribution in [0.25, 0.3) is 6.08 Å². The fourth-order valence-corrected chi connectivity index (χ4v) is 2.19. The van der Waals surface area contributed by atoms with Gasteiger partial charge in [0.1, 0.15) is 5.82 Å². The summed E-state index contributed by atoms with van der Waals surface area (Å²) in [7, 11) is 0. The summed E-state index contributed by atoms with van der Waals surface area (Å²) >= 11 is 6.00. The molecule has 0 radical (unpaired) electrons. The molecule has 6 heteroatoms. The van der Waals surface area contributed by atoms with Crippen LogP contribution in [0.5, 0.6) is 0 Å². The second-order valence-electron chi connectivity index (χ2n) is 5.34. The Morgan fingerprint density at radius 1 is 1.20 bits per heavy atom. The molecule has 0 saturated heterocycles. The van der Waals surface area contributed by atoms with Crippen molar-refractivity contribution in [2.75, 3.05) is 5.32 Å². The molecule has 4 nitrogen and oxygen atoms in total. The SMILES string of the molecule is Cc1c(Cl)cccc1NC(=O)[C@H](C)OC(=O)/C=C/c1ccccc1F. The monoisotopic (exact) mass is 361 g/mol. The first kappa shape index (κ1) is 18.7. The Morgan fingerprint density at radius 3 is 2.64 bits per heavy atom. The molecule has 0 unspecified atom stereocenters. The molecular formula is C19H17ClFNO3. The maximum absolute atomic E-state index is 13.5. The van der Waals surface area contributed by atoms with Gasteiger partial charge in [-0.2, -0.15) is 0 Å². The lowest BCUT2D eigenvalue weighted by molar-refractivity contribution is -0.148. The zero-order valence-electron chi connectivity index (χ0n) is 13.8. The van der Waals surface area contributed by atoms with Gasteiger partial charge >= 0.3 is 5.97 Å². The third kappa shape index (κ3) is 5.16.